The summed E-state index contributed by atoms with van der Waals surface area (Å²) < 4.78 is 18.3. The lowest BCUT2D eigenvalue weighted by Gasteiger charge is -2.32. The van der Waals surface area contributed by atoms with E-state index < -0.39 is 28.0 Å². The Bertz CT molecular complexity index is 766. The molecular weight excluding hydrogens is 346 g/mol. The molecule has 0 spiro atoms. The Hall–Kier alpha value is -2.14. The Morgan fingerprint density at radius 2 is 1.58 bits per heavy atom. The third-order valence-corrected chi connectivity index (χ3v) is 5.53. The third kappa shape index (κ3) is 5.70. The van der Waals surface area contributed by atoms with Crippen LogP contribution in [-0.2, 0) is 21.1 Å². The van der Waals surface area contributed by atoms with E-state index in [1.807, 2.05) is 89.2 Å². The number of alkyl carbamates (subject to hydrolysis) is 1. The molecule has 0 saturated heterocycles. The molecule has 0 aromatic heterocycles. The number of aryl methyl sites for hydroxylation is 1. The molecule has 5 heteroatoms. The maximum atomic E-state index is 12.9. The van der Waals surface area contributed by atoms with Gasteiger partial charge in [0.05, 0.1) is 22.1 Å². The summed E-state index contributed by atoms with van der Waals surface area (Å²) in [5, 5.41) is 2.92. The highest BCUT2D eigenvalue weighted by Crippen LogP contribution is 2.25. The second-order valence-corrected chi connectivity index (χ2v) is 9.08. The Morgan fingerprint density at radius 1 is 1.00 bits per heavy atom. The topological polar surface area (TPSA) is 55.4 Å². The molecule has 2 atom stereocenters. The number of hydrogen-bond donors (Lipinski definition) is 1. The molecule has 1 N–H and O–H groups in total. The molecule has 26 heavy (non-hydrogen) atoms. The molecule has 2 rings (SSSR count). The number of rotatable bonds is 5. The highest BCUT2D eigenvalue weighted by Gasteiger charge is 2.33. The highest BCUT2D eigenvalue weighted by molar-refractivity contribution is 7.85. The summed E-state index contributed by atoms with van der Waals surface area (Å²) in [6.07, 6.45) is -0.523. The van der Waals surface area contributed by atoms with Crippen LogP contribution in [0, 0.1) is 6.92 Å². The molecule has 0 bridgehead atoms. The molecule has 0 aliphatic carbocycles. The van der Waals surface area contributed by atoms with Gasteiger partial charge in [0.1, 0.15) is 5.60 Å². The van der Waals surface area contributed by atoms with Gasteiger partial charge in [-0.1, -0.05) is 48.0 Å². The molecule has 0 saturated carbocycles. The quantitative estimate of drug-likeness (QED) is 0.837. The predicted molar refractivity (Wildman–Crippen MR) is 106 cm³/mol. The van der Waals surface area contributed by atoms with E-state index in [9.17, 15) is 9.00 Å². The van der Waals surface area contributed by atoms with E-state index >= 15 is 0 Å². The van der Waals surface area contributed by atoms with Crippen LogP contribution in [0.15, 0.2) is 59.5 Å². The first kappa shape index (κ1) is 20.2. The van der Waals surface area contributed by atoms with Gasteiger partial charge in [-0.15, -0.1) is 0 Å². The number of carbonyl (C=O) groups excluding carboxylic acids is 1. The zero-order valence-corrected chi connectivity index (χ0v) is 16.9. The largest absolute Gasteiger partial charge is 0.444 e. The molecule has 0 radical (unpaired) electrons. The van der Waals surface area contributed by atoms with E-state index in [0.29, 0.717) is 0 Å². The minimum atomic E-state index is -1.27. The summed E-state index contributed by atoms with van der Waals surface area (Å²) in [4.78, 5) is 13.1. The maximum absolute atomic E-state index is 12.9. The fourth-order valence-electron chi connectivity index (χ4n) is 2.56. The van der Waals surface area contributed by atoms with Gasteiger partial charge in [-0.3, -0.25) is 4.21 Å². The second kappa shape index (κ2) is 8.04. The summed E-state index contributed by atoms with van der Waals surface area (Å²) in [6.45, 7) is 9.31. The SMILES string of the molecule is Cc1ccc([S@](=O)C[C@@](C)(NC(=O)OC(C)(C)C)c2ccccc2)cc1. The van der Waals surface area contributed by atoms with Crippen LogP contribution in [0.25, 0.3) is 0 Å². The van der Waals surface area contributed by atoms with Gasteiger partial charge in [0, 0.05) is 4.90 Å². The first-order chi connectivity index (χ1) is 12.1. The van der Waals surface area contributed by atoms with E-state index in [1.165, 1.54) is 0 Å². The van der Waals surface area contributed by atoms with Crippen LogP contribution in [-0.4, -0.2) is 21.7 Å². The van der Waals surface area contributed by atoms with Gasteiger partial charge < -0.3 is 10.1 Å². The number of hydrogen-bond acceptors (Lipinski definition) is 3. The molecule has 0 fully saturated rings. The van der Waals surface area contributed by atoms with Crippen molar-refractivity contribution in [1.82, 2.24) is 5.32 Å². The van der Waals surface area contributed by atoms with Crippen molar-refractivity contribution in [2.75, 3.05) is 5.75 Å². The predicted octanol–water partition coefficient (Wildman–Crippen LogP) is 4.54. The molecule has 140 valence electrons. The normalized spacial score (nSPS) is 15.0. The van der Waals surface area contributed by atoms with Crippen molar-refractivity contribution in [2.45, 2.75) is 50.7 Å². The van der Waals surface area contributed by atoms with Crippen LogP contribution in [0.4, 0.5) is 4.79 Å². The van der Waals surface area contributed by atoms with Gasteiger partial charge >= 0.3 is 6.09 Å². The third-order valence-electron chi connectivity index (χ3n) is 3.89. The first-order valence-corrected chi connectivity index (χ1v) is 9.93. The van der Waals surface area contributed by atoms with Crippen LogP contribution in [0.2, 0.25) is 0 Å². The van der Waals surface area contributed by atoms with Crippen LogP contribution in [0.1, 0.15) is 38.8 Å². The van der Waals surface area contributed by atoms with Gasteiger partial charge in [0.25, 0.3) is 0 Å². The molecule has 2 aromatic rings. The second-order valence-electron chi connectivity index (χ2n) is 7.63. The monoisotopic (exact) mass is 373 g/mol. The summed E-state index contributed by atoms with van der Waals surface area (Å²) >= 11 is 0. The van der Waals surface area contributed by atoms with Gasteiger partial charge in [-0.25, -0.2) is 4.79 Å². The number of nitrogens with one attached hydrogen (secondary N) is 1. The van der Waals surface area contributed by atoms with Gasteiger partial charge in [0.2, 0.25) is 0 Å². The first-order valence-electron chi connectivity index (χ1n) is 8.61. The van der Waals surface area contributed by atoms with Crippen LogP contribution < -0.4 is 5.32 Å². The lowest BCUT2D eigenvalue weighted by Crippen LogP contribution is -2.49. The van der Waals surface area contributed by atoms with Crippen molar-refractivity contribution in [3.8, 4) is 0 Å². The zero-order valence-electron chi connectivity index (χ0n) is 16.0. The average molecular weight is 374 g/mol. The number of carbonyl (C=O) groups is 1. The highest BCUT2D eigenvalue weighted by atomic mass is 32.2. The standard InChI is InChI=1S/C21H27NO3S/c1-16-11-13-18(14-12-16)26(24)15-21(5,17-9-7-6-8-10-17)22-19(23)25-20(2,3)4/h6-14H,15H2,1-5H3,(H,22,23)/t21-,26-/m1/s1. The summed E-state index contributed by atoms with van der Waals surface area (Å²) in [5.41, 5.74) is 0.576. The van der Waals surface area contributed by atoms with Crippen LogP contribution in [0.5, 0.6) is 0 Å². The van der Waals surface area contributed by atoms with Crippen molar-refractivity contribution < 1.29 is 13.7 Å². The average Bonchev–Trinajstić information content (AvgIpc) is 2.54. The van der Waals surface area contributed by atoms with Crippen molar-refractivity contribution >= 4 is 16.9 Å². The van der Waals surface area contributed by atoms with Crippen LogP contribution >= 0.6 is 0 Å². The van der Waals surface area contributed by atoms with E-state index in [1.54, 1.807) is 0 Å². The van der Waals surface area contributed by atoms with Crippen molar-refractivity contribution in [1.29, 1.82) is 0 Å². The van der Waals surface area contributed by atoms with E-state index in [-0.39, 0.29) is 5.75 Å². The summed E-state index contributed by atoms with van der Waals surface area (Å²) in [6, 6.07) is 17.2. The lowest BCUT2D eigenvalue weighted by molar-refractivity contribution is 0.0472. The minimum absolute atomic E-state index is 0.249. The molecule has 0 aliphatic rings. The van der Waals surface area contributed by atoms with Crippen LogP contribution in [0.3, 0.4) is 0 Å². The number of amides is 1. The minimum Gasteiger partial charge on any atom is -0.444 e. The van der Waals surface area contributed by atoms with Gasteiger partial charge in [-0.2, -0.15) is 0 Å². The fraction of sp³-hybridized carbons (Fsp3) is 0.381. The van der Waals surface area contributed by atoms with E-state index in [0.717, 1.165) is 16.0 Å². The summed E-state index contributed by atoms with van der Waals surface area (Å²) in [7, 11) is -1.27. The Labute approximate surface area is 158 Å². The van der Waals surface area contributed by atoms with Crippen molar-refractivity contribution in [3.63, 3.8) is 0 Å². The molecule has 4 nitrogen and oxygen atoms in total. The summed E-state index contributed by atoms with van der Waals surface area (Å²) in [5.74, 6) is 0.249. The molecule has 2 aromatic carbocycles. The molecule has 1 amide bonds. The van der Waals surface area contributed by atoms with Gasteiger partial charge in [0.15, 0.2) is 0 Å². The zero-order chi connectivity index (χ0) is 19.4. The molecule has 0 heterocycles. The molecule has 0 unspecified atom stereocenters. The van der Waals surface area contributed by atoms with Crippen molar-refractivity contribution in [2.24, 2.45) is 0 Å². The molecule has 0 aliphatic heterocycles. The van der Waals surface area contributed by atoms with Gasteiger partial charge in [-0.05, 0) is 52.3 Å². The Kier molecular flexibility index (Phi) is 6.24. The maximum Gasteiger partial charge on any atom is 0.408 e. The lowest BCUT2D eigenvalue weighted by atomic mass is 9.94. The Morgan fingerprint density at radius 3 is 2.12 bits per heavy atom. The molecular formula is C21H27NO3S. The number of benzene rings is 2. The van der Waals surface area contributed by atoms with E-state index in [4.69, 9.17) is 4.74 Å². The smallest absolute Gasteiger partial charge is 0.408 e. The number of ether oxygens (including phenoxy) is 1. The fourth-order valence-corrected chi connectivity index (χ4v) is 3.93. The van der Waals surface area contributed by atoms with Crippen molar-refractivity contribution in [3.05, 3.63) is 65.7 Å². The van der Waals surface area contributed by atoms with E-state index in [2.05, 4.69) is 5.32 Å². The Balaban J connectivity index is 2.27.